The highest BCUT2D eigenvalue weighted by Gasteiger charge is 2.29. The highest BCUT2D eigenvalue weighted by molar-refractivity contribution is 5.73. The Hall–Kier alpha value is -0.610. The summed E-state index contributed by atoms with van der Waals surface area (Å²) in [6.07, 6.45) is 1.11. The fourth-order valence-electron chi connectivity index (χ4n) is 1.69. The normalized spacial score (nSPS) is 20.4. The quantitative estimate of drug-likeness (QED) is 0.692. The number of hydrogen-bond donors (Lipinski definition) is 2. The molecule has 82 valence electrons. The summed E-state index contributed by atoms with van der Waals surface area (Å²) in [7, 11) is 0. The minimum Gasteiger partial charge on any atom is -0.481 e. The highest BCUT2D eigenvalue weighted by Crippen LogP contribution is 2.17. The maximum atomic E-state index is 10.9. The van der Waals surface area contributed by atoms with Crippen LogP contribution in [0.5, 0.6) is 0 Å². The fraction of sp³-hybridized carbons (Fsp3) is 0.900. The second-order valence-electron chi connectivity index (χ2n) is 4.57. The van der Waals surface area contributed by atoms with Crippen molar-refractivity contribution in [2.75, 3.05) is 32.7 Å². The summed E-state index contributed by atoms with van der Waals surface area (Å²) in [5.74, 6) is -0.713. The van der Waals surface area contributed by atoms with Gasteiger partial charge in [0, 0.05) is 19.6 Å². The Morgan fingerprint density at radius 3 is 2.79 bits per heavy atom. The van der Waals surface area contributed by atoms with Gasteiger partial charge < -0.3 is 15.3 Å². The van der Waals surface area contributed by atoms with E-state index in [0.717, 1.165) is 32.6 Å². The molecule has 1 aliphatic heterocycles. The van der Waals surface area contributed by atoms with Crippen molar-refractivity contribution < 1.29 is 9.90 Å². The first-order valence-corrected chi connectivity index (χ1v) is 5.19. The molecule has 0 aromatic rings. The molecular formula is C10H20N2O2. The van der Waals surface area contributed by atoms with Crippen LogP contribution in [0.4, 0.5) is 0 Å². The lowest BCUT2D eigenvalue weighted by molar-refractivity contribution is -0.147. The third-order valence-electron chi connectivity index (χ3n) is 2.63. The Bertz CT molecular complexity index is 196. The van der Waals surface area contributed by atoms with Gasteiger partial charge in [0.15, 0.2) is 0 Å². The Morgan fingerprint density at radius 2 is 2.14 bits per heavy atom. The van der Waals surface area contributed by atoms with E-state index in [0.29, 0.717) is 6.54 Å². The predicted octanol–water partition coefficient (Wildman–Crippen LogP) is 0.393. The molecule has 1 fully saturated rings. The van der Waals surface area contributed by atoms with E-state index in [1.54, 1.807) is 13.8 Å². The largest absolute Gasteiger partial charge is 0.481 e. The zero-order valence-corrected chi connectivity index (χ0v) is 9.05. The van der Waals surface area contributed by atoms with Gasteiger partial charge in [0.05, 0.1) is 5.41 Å². The van der Waals surface area contributed by atoms with Gasteiger partial charge in [-0.05, 0) is 33.4 Å². The summed E-state index contributed by atoms with van der Waals surface area (Å²) in [5, 5.41) is 12.3. The fourth-order valence-corrected chi connectivity index (χ4v) is 1.69. The van der Waals surface area contributed by atoms with Crippen LogP contribution in [-0.2, 0) is 4.79 Å². The van der Waals surface area contributed by atoms with E-state index in [-0.39, 0.29) is 0 Å². The van der Waals surface area contributed by atoms with Crippen LogP contribution in [0.15, 0.2) is 0 Å². The first-order chi connectivity index (χ1) is 6.52. The average molecular weight is 200 g/mol. The van der Waals surface area contributed by atoms with Crippen LogP contribution < -0.4 is 5.32 Å². The van der Waals surface area contributed by atoms with Crippen molar-refractivity contribution in [1.82, 2.24) is 10.2 Å². The first-order valence-electron chi connectivity index (χ1n) is 5.19. The maximum Gasteiger partial charge on any atom is 0.310 e. The van der Waals surface area contributed by atoms with Crippen LogP contribution in [0.25, 0.3) is 0 Å². The van der Waals surface area contributed by atoms with Gasteiger partial charge in [-0.15, -0.1) is 0 Å². The summed E-state index contributed by atoms with van der Waals surface area (Å²) in [6.45, 7) is 8.19. The molecule has 0 aromatic heterocycles. The van der Waals surface area contributed by atoms with Crippen molar-refractivity contribution in [3.05, 3.63) is 0 Å². The minimum atomic E-state index is -0.713. The Morgan fingerprint density at radius 1 is 1.43 bits per heavy atom. The molecule has 1 rings (SSSR count). The molecular weight excluding hydrogens is 180 g/mol. The van der Waals surface area contributed by atoms with E-state index in [4.69, 9.17) is 5.11 Å². The molecule has 1 saturated heterocycles. The standard InChI is InChI=1S/C10H20N2O2/c1-10(2,9(13)14)8-12-6-3-4-11-5-7-12/h11H,3-8H2,1-2H3,(H,13,14). The van der Waals surface area contributed by atoms with Gasteiger partial charge in [-0.3, -0.25) is 4.79 Å². The number of nitrogens with zero attached hydrogens (tertiary/aromatic N) is 1. The van der Waals surface area contributed by atoms with Crippen molar-refractivity contribution in [1.29, 1.82) is 0 Å². The molecule has 4 nitrogen and oxygen atoms in total. The lowest BCUT2D eigenvalue weighted by atomic mass is 9.93. The molecule has 0 unspecified atom stereocenters. The first kappa shape index (κ1) is 11.5. The Labute approximate surface area is 85.3 Å². The lowest BCUT2D eigenvalue weighted by Crippen LogP contribution is -2.40. The monoisotopic (exact) mass is 200 g/mol. The average Bonchev–Trinajstić information content (AvgIpc) is 2.32. The van der Waals surface area contributed by atoms with Crippen molar-refractivity contribution in [3.63, 3.8) is 0 Å². The van der Waals surface area contributed by atoms with Crippen LogP contribution in [0.3, 0.4) is 0 Å². The van der Waals surface area contributed by atoms with Gasteiger partial charge in [-0.25, -0.2) is 0 Å². The SMILES string of the molecule is CC(C)(CN1CCCNCC1)C(=O)O. The number of aliphatic carboxylic acids is 1. The number of carboxylic acids is 1. The minimum absolute atomic E-state index is 0.635. The number of carboxylic acid groups (broad SMARTS) is 1. The number of hydrogen-bond acceptors (Lipinski definition) is 3. The molecule has 14 heavy (non-hydrogen) atoms. The molecule has 0 aromatic carbocycles. The third kappa shape index (κ3) is 3.27. The molecule has 0 saturated carbocycles. The van der Waals surface area contributed by atoms with Gasteiger partial charge in [-0.1, -0.05) is 0 Å². The summed E-state index contributed by atoms with van der Waals surface area (Å²) in [5.41, 5.74) is -0.635. The van der Waals surface area contributed by atoms with Crippen LogP contribution in [0.1, 0.15) is 20.3 Å². The summed E-state index contributed by atoms with van der Waals surface area (Å²) < 4.78 is 0. The van der Waals surface area contributed by atoms with Crippen LogP contribution in [0.2, 0.25) is 0 Å². The second kappa shape index (κ2) is 4.75. The predicted molar refractivity (Wildman–Crippen MR) is 55.3 cm³/mol. The van der Waals surface area contributed by atoms with E-state index < -0.39 is 11.4 Å². The van der Waals surface area contributed by atoms with Crippen molar-refractivity contribution in [3.8, 4) is 0 Å². The van der Waals surface area contributed by atoms with E-state index in [2.05, 4.69) is 10.2 Å². The molecule has 0 bridgehead atoms. The molecule has 0 aliphatic carbocycles. The number of nitrogens with one attached hydrogen (secondary N) is 1. The molecule has 2 N–H and O–H groups in total. The zero-order chi connectivity index (χ0) is 10.6. The Kier molecular flexibility index (Phi) is 3.89. The summed E-state index contributed by atoms with van der Waals surface area (Å²) in [6, 6.07) is 0. The van der Waals surface area contributed by atoms with Crippen LogP contribution >= 0.6 is 0 Å². The topological polar surface area (TPSA) is 52.6 Å². The lowest BCUT2D eigenvalue weighted by Gasteiger charge is -2.28. The van der Waals surface area contributed by atoms with Crippen molar-refractivity contribution in [2.45, 2.75) is 20.3 Å². The van der Waals surface area contributed by atoms with E-state index in [1.807, 2.05) is 0 Å². The molecule has 0 spiro atoms. The molecule has 0 amide bonds. The molecule has 1 aliphatic rings. The highest BCUT2D eigenvalue weighted by atomic mass is 16.4. The number of rotatable bonds is 3. The van der Waals surface area contributed by atoms with Gasteiger partial charge in [-0.2, -0.15) is 0 Å². The third-order valence-corrected chi connectivity index (χ3v) is 2.63. The number of carbonyl (C=O) groups is 1. The molecule has 4 heteroatoms. The van der Waals surface area contributed by atoms with Crippen molar-refractivity contribution in [2.24, 2.45) is 5.41 Å². The summed E-state index contributed by atoms with van der Waals surface area (Å²) >= 11 is 0. The molecule has 1 heterocycles. The van der Waals surface area contributed by atoms with Crippen LogP contribution in [0, 0.1) is 5.41 Å². The Balaban J connectivity index is 2.45. The van der Waals surface area contributed by atoms with Gasteiger partial charge in [0.25, 0.3) is 0 Å². The molecule has 0 atom stereocenters. The summed E-state index contributed by atoms with van der Waals surface area (Å²) in [4.78, 5) is 13.2. The van der Waals surface area contributed by atoms with Gasteiger partial charge in [0.1, 0.15) is 0 Å². The smallest absolute Gasteiger partial charge is 0.310 e. The van der Waals surface area contributed by atoms with Crippen molar-refractivity contribution >= 4 is 5.97 Å². The van der Waals surface area contributed by atoms with E-state index in [1.165, 1.54) is 0 Å². The second-order valence-corrected chi connectivity index (χ2v) is 4.57. The van der Waals surface area contributed by atoms with E-state index in [9.17, 15) is 4.79 Å². The molecule has 0 radical (unpaired) electrons. The van der Waals surface area contributed by atoms with Crippen LogP contribution in [-0.4, -0.2) is 48.7 Å². The maximum absolute atomic E-state index is 10.9. The van der Waals surface area contributed by atoms with Gasteiger partial charge in [0.2, 0.25) is 0 Å². The zero-order valence-electron chi connectivity index (χ0n) is 9.05. The van der Waals surface area contributed by atoms with E-state index >= 15 is 0 Å². The van der Waals surface area contributed by atoms with Gasteiger partial charge >= 0.3 is 5.97 Å².